The van der Waals surface area contributed by atoms with E-state index in [2.05, 4.69) is 79.7 Å². The molecule has 2 aromatic rings. The van der Waals surface area contributed by atoms with Crippen molar-refractivity contribution < 1.29 is 58.9 Å². The summed E-state index contributed by atoms with van der Waals surface area (Å²) in [4.78, 5) is 0. The first-order chi connectivity index (χ1) is 9.34. The minimum absolute atomic E-state index is 0. The number of hydrogen-bond donors (Lipinski definition) is 0. The van der Waals surface area contributed by atoms with Crippen LogP contribution in [0, 0.1) is 6.08 Å². The number of rotatable bonds is 3. The molecule has 0 unspecified atom stereocenters. The first-order valence-corrected chi connectivity index (χ1v) is 6.74. The molecule has 0 radical (unpaired) electrons. The van der Waals surface area contributed by atoms with Crippen LogP contribution < -0.4 is 37.2 Å². The fourth-order valence-corrected chi connectivity index (χ4v) is 2.69. The van der Waals surface area contributed by atoms with Gasteiger partial charge in [0.2, 0.25) is 0 Å². The fourth-order valence-electron chi connectivity index (χ4n) is 2.69. The molecule has 3 rings (SSSR count). The molecule has 4 heteroatoms. The second-order valence-corrected chi connectivity index (χ2v) is 5.00. The van der Waals surface area contributed by atoms with Crippen LogP contribution in [0.3, 0.4) is 0 Å². The van der Waals surface area contributed by atoms with Crippen LogP contribution in [0.2, 0.25) is 0 Å². The minimum atomic E-state index is 0. The van der Waals surface area contributed by atoms with Gasteiger partial charge in [-0.3, -0.25) is 0 Å². The summed E-state index contributed by atoms with van der Waals surface area (Å²) in [7, 11) is 0. The van der Waals surface area contributed by atoms with E-state index in [1.165, 1.54) is 22.3 Å². The molecule has 0 saturated carbocycles. The van der Waals surface area contributed by atoms with Crippen LogP contribution in [0.1, 0.15) is 30.4 Å². The Bertz CT molecular complexity index is 582. The number of halogens is 3. The molecule has 23 heavy (non-hydrogen) atoms. The van der Waals surface area contributed by atoms with E-state index < -0.39 is 0 Å². The molecule has 1 aliphatic rings. The zero-order chi connectivity index (χ0) is 13.1. The molecule has 0 amide bonds. The van der Waals surface area contributed by atoms with E-state index in [0.717, 1.165) is 6.42 Å². The molecular formula is C19H17Cl3Ti. The maximum Gasteiger partial charge on any atom is 4.00 e. The van der Waals surface area contributed by atoms with Gasteiger partial charge in [0.25, 0.3) is 0 Å². The smallest absolute Gasteiger partial charge is 1.00 e. The van der Waals surface area contributed by atoms with Crippen LogP contribution in [0.4, 0.5) is 0 Å². The molecule has 0 aliphatic heterocycles. The van der Waals surface area contributed by atoms with Crippen molar-refractivity contribution in [2.75, 3.05) is 0 Å². The van der Waals surface area contributed by atoms with E-state index in [9.17, 15) is 0 Å². The van der Waals surface area contributed by atoms with Crippen molar-refractivity contribution in [3.05, 3.63) is 95.1 Å². The van der Waals surface area contributed by atoms with Crippen molar-refractivity contribution >= 4 is 0 Å². The maximum atomic E-state index is 3.53. The van der Waals surface area contributed by atoms with E-state index in [-0.39, 0.29) is 58.9 Å². The van der Waals surface area contributed by atoms with Crippen molar-refractivity contribution in [1.82, 2.24) is 0 Å². The van der Waals surface area contributed by atoms with Gasteiger partial charge >= 0.3 is 21.7 Å². The summed E-state index contributed by atoms with van der Waals surface area (Å²) in [5.74, 6) is 0.330. The molecule has 0 bridgehead atoms. The average Bonchev–Trinajstić information content (AvgIpc) is 2.88. The van der Waals surface area contributed by atoms with Crippen molar-refractivity contribution in [3.63, 3.8) is 0 Å². The average molecular weight is 400 g/mol. The van der Waals surface area contributed by atoms with Gasteiger partial charge in [0.05, 0.1) is 0 Å². The summed E-state index contributed by atoms with van der Waals surface area (Å²) in [6, 6.07) is 21.4. The Balaban J connectivity index is 0. The van der Waals surface area contributed by atoms with Crippen LogP contribution in [0.15, 0.2) is 77.9 Å². The first-order valence-electron chi connectivity index (χ1n) is 6.74. The molecule has 118 valence electrons. The van der Waals surface area contributed by atoms with Gasteiger partial charge < -0.3 is 37.2 Å². The Morgan fingerprint density at radius 2 is 1.22 bits per heavy atom. The topological polar surface area (TPSA) is 0 Å². The van der Waals surface area contributed by atoms with Crippen LogP contribution >= 0.6 is 0 Å². The molecule has 2 aromatic carbocycles. The van der Waals surface area contributed by atoms with E-state index in [4.69, 9.17) is 0 Å². The standard InChI is InChI=1S/C19H17.3ClH.Ti/c1-15-12-13-18(14-15)19(16-8-4-2-5-9-16)17-10-6-3-7-11-17;;;;/h2-12,19H,13H2,1H3;3*1H;/q-1;;;;+4/p-3. The van der Waals surface area contributed by atoms with Crippen molar-refractivity contribution in [2.24, 2.45) is 0 Å². The third-order valence-corrected chi connectivity index (χ3v) is 3.60. The molecule has 0 heterocycles. The van der Waals surface area contributed by atoms with Gasteiger partial charge in [-0.25, -0.2) is 17.7 Å². The Labute approximate surface area is 172 Å². The molecule has 0 fully saturated rings. The molecule has 0 atom stereocenters. The second kappa shape index (κ2) is 12.0. The second-order valence-electron chi connectivity index (χ2n) is 5.00. The number of allylic oxidation sites excluding steroid dienone is 4. The summed E-state index contributed by atoms with van der Waals surface area (Å²) in [6.07, 6.45) is 6.80. The molecule has 0 spiro atoms. The number of hydrogen-bond acceptors (Lipinski definition) is 0. The van der Waals surface area contributed by atoms with Gasteiger partial charge in [-0.1, -0.05) is 74.0 Å². The monoisotopic (exact) mass is 398 g/mol. The van der Waals surface area contributed by atoms with E-state index in [1.54, 1.807) is 0 Å². The Morgan fingerprint density at radius 1 is 0.783 bits per heavy atom. The van der Waals surface area contributed by atoms with Crippen LogP contribution in [-0.4, -0.2) is 0 Å². The third kappa shape index (κ3) is 6.14. The minimum Gasteiger partial charge on any atom is -1.00 e. The fraction of sp³-hybridized carbons (Fsp3) is 0.158. The summed E-state index contributed by atoms with van der Waals surface area (Å²) < 4.78 is 0. The molecular weight excluding hydrogens is 382 g/mol. The van der Waals surface area contributed by atoms with Gasteiger partial charge in [-0.2, -0.15) is 5.57 Å². The van der Waals surface area contributed by atoms with Gasteiger partial charge in [-0.15, -0.1) is 0 Å². The van der Waals surface area contributed by atoms with E-state index in [0.29, 0.717) is 5.92 Å². The Hall–Kier alpha value is -0.496. The summed E-state index contributed by atoms with van der Waals surface area (Å²) in [6.45, 7) is 2.13. The SMILES string of the molecule is CC1=CCC(C(c2ccccc2)c2ccccc2)=[C-]1.[Cl-].[Cl-].[Cl-].[Ti+4]. The third-order valence-electron chi connectivity index (χ3n) is 3.60. The predicted molar refractivity (Wildman–Crippen MR) is 79.9 cm³/mol. The number of benzene rings is 2. The molecule has 0 aromatic heterocycles. The predicted octanol–water partition coefficient (Wildman–Crippen LogP) is -4.09. The first kappa shape index (κ1) is 24.8. The van der Waals surface area contributed by atoms with Crippen LogP contribution in [0.25, 0.3) is 0 Å². The van der Waals surface area contributed by atoms with E-state index >= 15 is 0 Å². The van der Waals surface area contributed by atoms with Crippen LogP contribution in [0.5, 0.6) is 0 Å². The molecule has 0 N–H and O–H groups in total. The van der Waals surface area contributed by atoms with Gasteiger partial charge in [0, 0.05) is 5.92 Å². The largest absolute Gasteiger partial charge is 4.00 e. The summed E-state index contributed by atoms with van der Waals surface area (Å²) in [5.41, 5.74) is 5.32. The van der Waals surface area contributed by atoms with Gasteiger partial charge in [0.15, 0.2) is 0 Å². The zero-order valence-corrected chi connectivity index (χ0v) is 16.6. The molecule has 0 saturated heterocycles. The molecule has 1 aliphatic carbocycles. The van der Waals surface area contributed by atoms with Crippen molar-refractivity contribution in [3.8, 4) is 0 Å². The Morgan fingerprint density at radius 3 is 1.57 bits per heavy atom. The van der Waals surface area contributed by atoms with Crippen molar-refractivity contribution in [1.29, 1.82) is 0 Å². The normalized spacial score (nSPS) is 11.9. The van der Waals surface area contributed by atoms with Crippen LogP contribution in [-0.2, 0) is 21.7 Å². The molecule has 0 nitrogen and oxygen atoms in total. The summed E-state index contributed by atoms with van der Waals surface area (Å²) in [5, 5.41) is 0. The van der Waals surface area contributed by atoms with E-state index in [1.807, 2.05) is 0 Å². The van der Waals surface area contributed by atoms with Gasteiger partial charge in [0.1, 0.15) is 0 Å². The maximum absolute atomic E-state index is 3.53. The quantitative estimate of drug-likeness (QED) is 0.364. The summed E-state index contributed by atoms with van der Waals surface area (Å²) >= 11 is 0. The zero-order valence-electron chi connectivity index (χ0n) is 12.8. The van der Waals surface area contributed by atoms with Gasteiger partial charge in [-0.05, 0) is 11.1 Å². The Kier molecular flexibility index (Phi) is 12.9. The van der Waals surface area contributed by atoms with Crippen molar-refractivity contribution in [2.45, 2.75) is 19.3 Å².